The first-order valence-corrected chi connectivity index (χ1v) is 12.7. The van der Waals surface area contributed by atoms with Crippen molar-refractivity contribution in [3.8, 4) is 6.07 Å². The number of nitrogens with zero attached hydrogens (tertiary/aromatic N) is 3. The number of rotatable bonds is 8. The number of carbonyl (C=O) groups excluding carboxylic acids is 2. The minimum absolute atomic E-state index is 0.0905. The Kier molecular flexibility index (Phi) is 8.65. The third-order valence-corrected chi connectivity index (χ3v) is 7.78. The summed E-state index contributed by atoms with van der Waals surface area (Å²) in [7, 11) is -0.315. The average Bonchev–Trinajstić information content (AvgIpc) is 2.90. The van der Waals surface area contributed by atoms with Crippen LogP contribution < -0.4 is 4.90 Å². The first-order chi connectivity index (χ1) is 17.8. The fraction of sp³-hybridized carbons (Fsp3) is 0.222. The first-order valence-electron chi connectivity index (χ1n) is 11.2. The third-order valence-electron chi connectivity index (χ3n) is 6.03. The van der Waals surface area contributed by atoms with Crippen molar-refractivity contribution >= 4 is 40.4 Å². The lowest BCUT2D eigenvalue weighted by molar-refractivity contribution is -0.138. The van der Waals surface area contributed by atoms with Crippen molar-refractivity contribution < 1.29 is 27.0 Å². The lowest BCUT2D eigenvalue weighted by atomic mass is 9.99. The lowest BCUT2D eigenvalue weighted by Crippen LogP contribution is -2.54. The number of halogens is 4. The van der Waals surface area contributed by atoms with Gasteiger partial charge in [0.15, 0.2) is 0 Å². The lowest BCUT2D eigenvalue weighted by Gasteiger charge is -2.37. The Labute approximate surface area is 225 Å². The average molecular weight is 562 g/mol. The first kappa shape index (κ1) is 28.9. The van der Waals surface area contributed by atoms with Crippen LogP contribution in [-0.4, -0.2) is 34.0 Å². The summed E-state index contributed by atoms with van der Waals surface area (Å²) in [5, 5.41) is 9.52. The molecule has 0 aliphatic heterocycles. The van der Waals surface area contributed by atoms with Crippen LogP contribution in [0.25, 0.3) is 0 Å². The number of hydrogen-bond acceptors (Lipinski definition) is 4. The summed E-state index contributed by atoms with van der Waals surface area (Å²) >= 11 is 5.93. The smallest absolute Gasteiger partial charge is 0.327 e. The zero-order valence-electron chi connectivity index (χ0n) is 20.6. The minimum Gasteiger partial charge on any atom is -0.327 e. The number of amides is 2. The van der Waals surface area contributed by atoms with Gasteiger partial charge in [0.1, 0.15) is 5.54 Å². The molecule has 0 saturated carbocycles. The summed E-state index contributed by atoms with van der Waals surface area (Å²) in [5.41, 5.74) is -2.81. The van der Waals surface area contributed by atoms with Gasteiger partial charge in [-0.2, -0.15) is 18.4 Å². The molecule has 0 saturated heterocycles. The molecule has 0 aliphatic carbocycles. The monoisotopic (exact) mass is 561 g/mol. The normalized spacial score (nSPS) is 12.4. The zero-order valence-corrected chi connectivity index (χ0v) is 22.2. The molecule has 0 fully saturated rings. The van der Waals surface area contributed by atoms with Gasteiger partial charge in [0.2, 0.25) is 6.41 Å². The van der Waals surface area contributed by atoms with Crippen LogP contribution in [0.15, 0.2) is 76.5 Å². The second kappa shape index (κ2) is 11.4. The second-order valence-electron chi connectivity index (χ2n) is 8.83. The Bertz CT molecular complexity index is 1420. The van der Waals surface area contributed by atoms with Crippen molar-refractivity contribution in [2.24, 2.45) is 0 Å². The molecule has 0 aliphatic rings. The third kappa shape index (κ3) is 6.06. The summed E-state index contributed by atoms with van der Waals surface area (Å²) in [6.07, 6.45) is -4.33. The van der Waals surface area contributed by atoms with E-state index >= 15 is 0 Å². The van der Waals surface area contributed by atoms with Crippen LogP contribution >= 0.6 is 11.6 Å². The van der Waals surface area contributed by atoms with Crippen LogP contribution in [0.2, 0.25) is 5.02 Å². The van der Waals surface area contributed by atoms with E-state index in [1.54, 1.807) is 48.5 Å². The van der Waals surface area contributed by atoms with Crippen LogP contribution in [0.3, 0.4) is 0 Å². The van der Waals surface area contributed by atoms with E-state index in [0.717, 1.165) is 17.0 Å². The molecule has 6 nitrogen and oxygen atoms in total. The van der Waals surface area contributed by atoms with E-state index in [9.17, 15) is 27.0 Å². The van der Waals surface area contributed by atoms with E-state index in [1.165, 1.54) is 37.9 Å². The summed E-state index contributed by atoms with van der Waals surface area (Å²) < 4.78 is 53.6. The van der Waals surface area contributed by atoms with Gasteiger partial charge in [-0.05, 0) is 67.9 Å². The van der Waals surface area contributed by atoms with Gasteiger partial charge in [0.05, 0.1) is 28.0 Å². The summed E-state index contributed by atoms with van der Waals surface area (Å²) in [6, 6.07) is 17.7. The predicted molar refractivity (Wildman–Crippen MR) is 138 cm³/mol. The summed E-state index contributed by atoms with van der Waals surface area (Å²) in [6.45, 7) is 2.84. The largest absolute Gasteiger partial charge is 0.417 e. The summed E-state index contributed by atoms with van der Waals surface area (Å²) in [4.78, 5) is 28.7. The fourth-order valence-electron chi connectivity index (χ4n) is 3.77. The second-order valence-corrected chi connectivity index (χ2v) is 10.7. The highest BCUT2D eigenvalue weighted by Crippen LogP contribution is 2.35. The molecule has 0 N–H and O–H groups in total. The number of carbonyl (C=O) groups is 2. The molecule has 38 heavy (non-hydrogen) atoms. The number of nitriles is 1. The molecule has 1 unspecified atom stereocenters. The molecule has 3 aromatic carbocycles. The Morgan fingerprint density at radius 3 is 2.29 bits per heavy atom. The van der Waals surface area contributed by atoms with Gasteiger partial charge in [0, 0.05) is 34.1 Å². The van der Waals surface area contributed by atoms with Crippen LogP contribution in [-0.2, 0) is 33.1 Å². The Morgan fingerprint density at radius 1 is 1.08 bits per heavy atom. The quantitative estimate of drug-likeness (QED) is 0.326. The van der Waals surface area contributed by atoms with Crippen molar-refractivity contribution in [3.05, 3.63) is 88.4 Å². The Morgan fingerprint density at radius 2 is 1.71 bits per heavy atom. The Balaban J connectivity index is 1.91. The highest BCUT2D eigenvalue weighted by Gasteiger charge is 2.39. The number of benzene rings is 3. The van der Waals surface area contributed by atoms with E-state index < -0.39 is 39.5 Å². The Hall–Kier alpha value is -3.68. The standard InChI is InChI=1S/C27H23ClF3N3O3S/c1-26(2,25(36)33(3)21-11-8-18(15-32)23(14-21)27(29,30)31)34(17-35)16-19-6-4-5-7-24(19)38(37)22-12-9-20(28)10-13-22/h4-14,17H,16H2,1-3H3. The molecule has 2 amide bonds. The van der Waals surface area contributed by atoms with E-state index in [0.29, 0.717) is 26.8 Å². The van der Waals surface area contributed by atoms with Crippen molar-refractivity contribution in [1.82, 2.24) is 4.90 Å². The van der Waals surface area contributed by atoms with E-state index in [4.69, 9.17) is 16.9 Å². The van der Waals surface area contributed by atoms with Gasteiger partial charge in [0.25, 0.3) is 5.91 Å². The van der Waals surface area contributed by atoms with Crippen molar-refractivity contribution in [2.45, 2.75) is 41.9 Å². The van der Waals surface area contributed by atoms with Gasteiger partial charge < -0.3 is 9.80 Å². The molecular formula is C27H23ClF3N3O3S. The topological polar surface area (TPSA) is 81.5 Å². The minimum atomic E-state index is -4.79. The maximum Gasteiger partial charge on any atom is 0.417 e. The van der Waals surface area contributed by atoms with Gasteiger partial charge in [-0.25, -0.2) is 4.21 Å². The molecule has 0 aromatic heterocycles. The van der Waals surface area contributed by atoms with Crippen LogP contribution in [0.4, 0.5) is 18.9 Å². The zero-order chi connectivity index (χ0) is 28.3. The van der Waals surface area contributed by atoms with Gasteiger partial charge >= 0.3 is 6.18 Å². The van der Waals surface area contributed by atoms with Crippen molar-refractivity contribution in [1.29, 1.82) is 5.26 Å². The van der Waals surface area contributed by atoms with Gasteiger partial charge in [-0.15, -0.1) is 0 Å². The van der Waals surface area contributed by atoms with E-state index in [1.807, 2.05) is 0 Å². The van der Waals surface area contributed by atoms with E-state index in [2.05, 4.69) is 0 Å². The van der Waals surface area contributed by atoms with Crippen LogP contribution in [0, 0.1) is 11.3 Å². The van der Waals surface area contributed by atoms with Crippen LogP contribution in [0.5, 0.6) is 0 Å². The molecule has 0 radical (unpaired) electrons. The highest BCUT2D eigenvalue weighted by molar-refractivity contribution is 7.85. The van der Waals surface area contributed by atoms with Gasteiger partial charge in [-0.3, -0.25) is 9.59 Å². The number of likely N-dealkylation sites (N-methyl/N-ethyl adjacent to an activating group) is 1. The molecule has 1 atom stereocenters. The van der Waals surface area contributed by atoms with Gasteiger partial charge in [-0.1, -0.05) is 29.8 Å². The van der Waals surface area contributed by atoms with Crippen molar-refractivity contribution in [3.63, 3.8) is 0 Å². The maximum absolute atomic E-state index is 13.5. The molecule has 3 rings (SSSR count). The van der Waals surface area contributed by atoms with Crippen molar-refractivity contribution in [2.75, 3.05) is 11.9 Å². The molecule has 0 spiro atoms. The number of hydrogen-bond donors (Lipinski definition) is 0. The fourth-order valence-corrected chi connectivity index (χ4v) is 5.11. The SMILES string of the molecule is CN(C(=O)C(C)(C)N(C=O)Cc1ccccc1S(=O)c1ccc(Cl)cc1)c1ccc(C#N)c(C(F)(F)F)c1. The number of anilines is 1. The molecule has 3 aromatic rings. The maximum atomic E-state index is 13.5. The molecule has 198 valence electrons. The molecule has 0 heterocycles. The summed E-state index contributed by atoms with van der Waals surface area (Å²) in [5.74, 6) is -0.668. The van der Waals surface area contributed by atoms with E-state index in [-0.39, 0.29) is 12.2 Å². The van der Waals surface area contributed by atoms with Crippen LogP contribution in [0.1, 0.15) is 30.5 Å². The number of alkyl halides is 3. The highest BCUT2D eigenvalue weighted by atomic mass is 35.5. The molecule has 0 bridgehead atoms. The molecule has 11 heteroatoms. The predicted octanol–water partition coefficient (Wildman–Crippen LogP) is 5.80. The molecular weight excluding hydrogens is 539 g/mol.